The summed E-state index contributed by atoms with van der Waals surface area (Å²) in [5.41, 5.74) is 2.30. The molecule has 0 amide bonds. The zero-order valence-corrected chi connectivity index (χ0v) is 13.5. The Bertz CT molecular complexity index is 565. The van der Waals surface area contributed by atoms with Crippen molar-refractivity contribution in [3.63, 3.8) is 0 Å². The fraction of sp³-hybridized carbons (Fsp3) is 0.286. The molecule has 4 heteroatoms. The summed E-state index contributed by atoms with van der Waals surface area (Å²) in [6, 6.07) is 7.27. The van der Waals surface area contributed by atoms with Crippen molar-refractivity contribution < 1.29 is 4.39 Å². The first-order valence-electron chi connectivity index (χ1n) is 5.76. The SMILES string of the molecule is Cc1cc(C(C)Nc2ccc(F)cc2I)c(C)s1. The van der Waals surface area contributed by atoms with E-state index in [0.29, 0.717) is 0 Å². The Kier molecular flexibility index (Phi) is 4.27. The van der Waals surface area contributed by atoms with Crippen LogP contribution >= 0.6 is 33.9 Å². The Morgan fingerprint density at radius 1 is 1.28 bits per heavy atom. The van der Waals surface area contributed by atoms with Crippen LogP contribution in [0.15, 0.2) is 24.3 Å². The Labute approximate surface area is 125 Å². The number of rotatable bonds is 3. The third kappa shape index (κ3) is 3.03. The Hall–Kier alpha value is -0.620. The van der Waals surface area contributed by atoms with E-state index in [0.717, 1.165) is 9.26 Å². The fourth-order valence-corrected chi connectivity index (χ4v) is 3.65. The number of halogens is 2. The predicted molar refractivity (Wildman–Crippen MR) is 84.9 cm³/mol. The lowest BCUT2D eigenvalue weighted by atomic mass is 10.1. The molecule has 0 saturated heterocycles. The van der Waals surface area contributed by atoms with Gasteiger partial charge in [-0.2, -0.15) is 0 Å². The molecule has 1 aromatic heterocycles. The summed E-state index contributed by atoms with van der Waals surface area (Å²) in [4.78, 5) is 2.66. The lowest BCUT2D eigenvalue weighted by molar-refractivity contribution is 0.627. The van der Waals surface area contributed by atoms with Gasteiger partial charge in [0, 0.05) is 25.1 Å². The van der Waals surface area contributed by atoms with Gasteiger partial charge in [0.2, 0.25) is 0 Å². The van der Waals surface area contributed by atoms with Crippen LogP contribution < -0.4 is 5.32 Å². The smallest absolute Gasteiger partial charge is 0.124 e. The first kappa shape index (κ1) is 13.8. The second-order valence-corrected chi connectivity index (χ2v) is 6.98. The number of hydrogen-bond acceptors (Lipinski definition) is 2. The topological polar surface area (TPSA) is 12.0 Å². The van der Waals surface area contributed by atoms with Gasteiger partial charge in [-0.3, -0.25) is 0 Å². The molecule has 18 heavy (non-hydrogen) atoms. The molecule has 1 N–H and O–H groups in total. The maximum atomic E-state index is 13.0. The van der Waals surface area contributed by atoms with Crippen LogP contribution in [0.5, 0.6) is 0 Å². The number of benzene rings is 1. The molecular weight excluding hydrogens is 360 g/mol. The number of thiophene rings is 1. The molecule has 1 atom stereocenters. The minimum Gasteiger partial charge on any atom is -0.378 e. The van der Waals surface area contributed by atoms with Crippen LogP contribution in [0.2, 0.25) is 0 Å². The molecule has 96 valence electrons. The molecule has 0 spiro atoms. The van der Waals surface area contributed by atoms with Crippen molar-refractivity contribution >= 4 is 39.6 Å². The zero-order chi connectivity index (χ0) is 13.3. The molecule has 0 aliphatic carbocycles. The van der Waals surface area contributed by atoms with Crippen molar-refractivity contribution in [2.24, 2.45) is 0 Å². The molecule has 0 aliphatic rings. The van der Waals surface area contributed by atoms with Crippen LogP contribution in [0.25, 0.3) is 0 Å². The first-order chi connectivity index (χ1) is 8.47. The highest BCUT2D eigenvalue weighted by atomic mass is 127. The molecule has 1 nitrogen and oxygen atoms in total. The van der Waals surface area contributed by atoms with Gasteiger partial charge in [0.25, 0.3) is 0 Å². The van der Waals surface area contributed by atoms with Gasteiger partial charge in [-0.15, -0.1) is 11.3 Å². The van der Waals surface area contributed by atoms with Gasteiger partial charge in [-0.25, -0.2) is 4.39 Å². The van der Waals surface area contributed by atoms with Gasteiger partial charge in [-0.1, -0.05) is 0 Å². The molecule has 0 bridgehead atoms. The molecule has 2 rings (SSSR count). The normalized spacial score (nSPS) is 12.5. The minimum atomic E-state index is -0.194. The van der Waals surface area contributed by atoms with E-state index < -0.39 is 0 Å². The van der Waals surface area contributed by atoms with E-state index in [1.54, 1.807) is 12.1 Å². The summed E-state index contributed by atoms with van der Waals surface area (Å²) in [6.07, 6.45) is 0. The number of anilines is 1. The summed E-state index contributed by atoms with van der Waals surface area (Å²) >= 11 is 3.97. The van der Waals surface area contributed by atoms with E-state index in [2.05, 4.69) is 54.7 Å². The van der Waals surface area contributed by atoms with Crippen molar-refractivity contribution in [3.05, 3.63) is 49.0 Å². The highest BCUT2D eigenvalue weighted by Gasteiger charge is 2.12. The van der Waals surface area contributed by atoms with Crippen molar-refractivity contribution in [1.29, 1.82) is 0 Å². The highest BCUT2D eigenvalue weighted by molar-refractivity contribution is 14.1. The zero-order valence-electron chi connectivity index (χ0n) is 10.6. The maximum absolute atomic E-state index is 13.0. The number of hydrogen-bond donors (Lipinski definition) is 1. The molecule has 1 heterocycles. The standard InChI is InChI=1S/C14H15FINS/c1-8-6-12(10(3)18-8)9(2)17-14-5-4-11(15)7-13(14)16/h4-7,9,17H,1-3H3. The summed E-state index contributed by atoms with van der Waals surface area (Å²) < 4.78 is 14.0. The lowest BCUT2D eigenvalue weighted by Gasteiger charge is -2.16. The van der Waals surface area contributed by atoms with E-state index in [-0.39, 0.29) is 11.9 Å². The van der Waals surface area contributed by atoms with Crippen LogP contribution in [0, 0.1) is 23.2 Å². The second-order valence-electron chi connectivity index (χ2n) is 4.36. The molecule has 0 fully saturated rings. The molecule has 2 aromatic rings. The summed E-state index contributed by atoms with van der Waals surface area (Å²) in [5.74, 6) is -0.194. The monoisotopic (exact) mass is 375 g/mol. The highest BCUT2D eigenvalue weighted by Crippen LogP contribution is 2.30. The van der Waals surface area contributed by atoms with E-state index in [1.807, 2.05) is 11.3 Å². The van der Waals surface area contributed by atoms with Crippen LogP contribution in [0.1, 0.15) is 28.3 Å². The van der Waals surface area contributed by atoms with E-state index in [1.165, 1.54) is 21.4 Å². The van der Waals surface area contributed by atoms with Gasteiger partial charge in [0.1, 0.15) is 5.82 Å². The minimum absolute atomic E-state index is 0.194. The second kappa shape index (κ2) is 5.57. The molecule has 0 saturated carbocycles. The third-order valence-corrected chi connectivity index (χ3v) is 4.72. The van der Waals surface area contributed by atoms with Gasteiger partial charge in [-0.05, 0) is 73.2 Å². The molecule has 0 radical (unpaired) electrons. The van der Waals surface area contributed by atoms with Crippen LogP contribution in [0.4, 0.5) is 10.1 Å². The summed E-state index contributed by atoms with van der Waals surface area (Å²) in [5, 5.41) is 3.44. The summed E-state index contributed by atoms with van der Waals surface area (Å²) in [6.45, 7) is 6.39. The lowest BCUT2D eigenvalue weighted by Crippen LogP contribution is -2.08. The Balaban J connectivity index is 2.21. The molecule has 1 unspecified atom stereocenters. The average Bonchev–Trinajstić information content (AvgIpc) is 2.62. The first-order valence-corrected chi connectivity index (χ1v) is 7.65. The van der Waals surface area contributed by atoms with Crippen LogP contribution in [-0.4, -0.2) is 0 Å². The van der Waals surface area contributed by atoms with Crippen molar-refractivity contribution in [1.82, 2.24) is 0 Å². The van der Waals surface area contributed by atoms with Gasteiger partial charge < -0.3 is 5.32 Å². The maximum Gasteiger partial charge on any atom is 0.124 e. The van der Waals surface area contributed by atoms with Crippen LogP contribution in [0.3, 0.4) is 0 Å². The fourth-order valence-electron chi connectivity index (χ4n) is 2.00. The van der Waals surface area contributed by atoms with E-state index in [4.69, 9.17) is 0 Å². The van der Waals surface area contributed by atoms with Gasteiger partial charge in [0.05, 0.1) is 0 Å². The third-order valence-electron chi connectivity index (χ3n) is 2.85. The summed E-state index contributed by atoms with van der Waals surface area (Å²) in [7, 11) is 0. The predicted octanol–water partition coefficient (Wildman–Crippen LogP) is 5.28. The van der Waals surface area contributed by atoms with E-state index >= 15 is 0 Å². The largest absolute Gasteiger partial charge is 0.378 e. The van der Waals surface area contributed by atoms with Gasteiger partial charge >= 0.3 is 0 Å². The Morgan fingerprint density at radius 2 is 2.00 bits per heavy atom. The molecule has 0 aliphatic heterocycles. The molecule has 1 aromatic carbocycles. The van der Waals surface area contributed by atoms with Crippen molar-refractivity contribution in [3.8, 4) is 0 Å². The van der Waals surface area contributed by atoms with Gasteiger partial charge in [0.15, 0.2) is 0 Å². The Morgan fingerprint density at radius 3 is 2.56 bits per heavy atom. The number of nitrogens with one attached hydrogen (secondary N) is 1. The van der Waals surface area contributed by atoms with Crippen molar-refractivity contribution in [2.75, 3.05) is 5.32 Å². The van der Waals surface area contributed by atoms with Crippen molar-refractivity contribution in [2.45, 2.75) is 26.8 Å². The quantitative estimate of drug-likeness (QED) is 0.720. The van der Waals surface area contributed by atoms with Crippen LogP contribution in [-0.2, 0) is 0 Å². The average molecular weight is 375 g/mol. The number of aryl methyl sites for hydroxylation is 2. The molecular formula is C14H15FINS. The van der Waals surface area contributed by atoms with E-state index in [9.17, 15) is 4.39 Å².